The molecule has 0 spiro atoms. The van der Waals surface area contributed by atoms with E-state index in [0.717, 1.165) is 18.6 Å². The first kappa shape index (κ1) is 29.1. The second-order valence-electron chi connectivity index (χ2n) is 8.07. The first-order valence-electron chi connectivity index (χ1n) is 11.1. The summed E-state index contributed by atoms with van der Waals surface area (Å²) in [7, 11) is 0. The summed E-state index contributed by atoms with van der Waals surface area (Å²) < 4.78 is 0. The molecule has 12 nitrogen and oxygen atoms in total. The Labute approximate surface area is 199 Å². The van der Waals surface area contributed by atoms with Crippen LogP contribution in [-0.4, -0.2) is 150 Å². The number of nitrogens with zero attached hydrogens (tertiary/aromatic N) is 4. The van der Waals surface area contributed by atoms with Gasteiger partial charge in [-0.25, -0.2) is 0 Å². The van der Waals surface area contributed by atoms with Crippen LogP contribution in [0.15, 0.2) is 0 Å². The van der Waals surface area contributed by atoms with E-state index in [1.165, 1.54) is 0 Å². The fraction of sp³-hybridized carbons (Fsp3) is 0.800. The Morgan fingerprint density at radius 1 is 0.606 bits per heavy atom. The van der Waals surface area contributed by atoms with Gasteiger partial charge in [0.05, 0.1) is 26.2 Å². The van der Waals surface area contributed by atoms with Crippen LogP contribution in [0.25, 0.3) is 0 Å². The fourth-order valence-corrected chi connectivity index (χ4v) is 3.73. The molecule has 1 rings (SSSR count). The standard InChI is InChI=1S/C20H37N5O7S/c26-17(21-3-1-2-12-33)13-22-4-6-23(14-18(27)28)8-10-25(16-20(31)32)11-9-24(7-5-22)15-19(29)30/h33H,1-16H2,(H,21,26)(H,27,28)(H,29,30)(H,31,32). The van der Waals surface area contributed by atoms with E-state index in [-0.39, 0.29) is 32.1 Å². The Balaban J connectivity index is 2.86. The summed E-state index contributed by atoms with van der Waals surface area (Å²) in [6, 6.07) is 0. The lowest BCUT2D eigenvalue weighted by atomic mass is 10.3. The van der Waals surface area contributed by atoms with Gasteiger partial charge in [0.2, 0.25) is 5.91 Å². The van der Waals surface area contributed by atoms with Gasteiger partial charge in [0.1, 0.15) is 0 Å². The Morgan fingerprint density at radius 3 is 1.24 bits per heavy atom. The van der Waals surface area contributed by atoms with Crippen LogP contribution in [0.4, 0.5) is 0 Å². The van der Waals surface area contributed by atoms with Gasteiger partial charge < -0.3 is 20.6 Å². The second-order valence-corrected chi connectivity index (χ2v) is 8.51. The molecule has 0 bridgehead atoms. The summed E-state index contributed by atoms with van der Waals surface area (Å²) in [5, 5.41) is 30.5. The molecule has 0 radical (unpaired) electrons. The molecule has 190 valence electrons. The normalized spacial score (nSPS) is 18.2. The zero-order valence-electron chi connectivity index (χ0n) is 19.0. The predicted octanol–water partition coefficient (Wildman–Crippen LogP) is -1.71. The summed E-state index contributed by atoms with van der Waals surface area (Å²) >= 11 is 4.15. The maximum absolute atomic E-state index is 12.4. The van der Waals surface area contributed by atoms with Crippen LogP contribution < -0.4 is 5.32 Å². The summed E-state index contributed by atoms with van der Waals surface area (Å²) in [6.07, 6.45) is 1.74. The molecule has 1 heterocycles. The number of thiol groups is 1. The quantitative estimate of drug-likeness (QED) is 0.157. The number of amides is 1. The van der Waals surface area contributed by atoms with E-state index in [9.17, 15) is 34.5 Å². The summed E-state index contributed by atoms with van der Waals surface area (Å²) in [6.45, 7) is 3.12. The third kappa shape index (κ3) is 14.8. The Morgan fingerprint density at radius 2 is 0.939 bits per heavy atom. The molecule has 0 aliphatic carbocycles. The number of aliphatic carboxylic acids is 3. The van der Waals surface area contributed by atoms with Gasteiger partial charge >= 0.3 is 17.9 Å². The topological polar surface area (TPSA) is 154 Å². The van der Waals surface area contributed by atoms with Crippen molar-refractivity contribution in [2.24, 2.45) is 0 Å². The van der Waals surface area contributed by atoms with Crippen molar-refractivity contribution >= 4 is 36.4 Å². The van der Waals surface area contributed by atoms with Crippen molar-refractivity contribution in [2.45, 2.75) is 12.8 Å². The largest absolute Gasteiger partial charge is 0.480 e. The van der Waals surface area contributed by atoms with Gasteiger partial charge in [0.15, 0.2) is 0 Å². The fourth-order valence-electron chi connectivity index (χ4n) is 3.51. The van der Waals surface area contributed by atoms with Gasteiger partial charge in [-0.05, 0) is 18.6 Å². The van der Waals surface area contributed by atoms with Crippen molar-refractivity contribution in [3.05, 3.63) is 0 Å². The first-order chi connectivity index (χ1) is 15.7. The average Bonchev–Trinajstić information content (AvgIpc) is 2.72. The number of hydrogen-bond acceptors (Lipinski definition) is 9. The molecular weight excluding hydrogens is 454 g/mol. The second kappa shape index (κ2) is 16.6. The predicted molar refractivity (Wildman–Crippen MR) is 125 cm³/mol. The lowest BCUT2D eigenvalue weighted by Gasteiger charge is -2.32. The number of unbranched alkanes of at least 4 members (excludes halogenated alkanes) is 1. The van der Waals surface area contributed by atoms with E-state index >= 15 is 0 Å². The van der Waals surface area contributed by atoms with E-state index in [1.54, 1.807) is 14.7 Å². The molecule has 0 unspecified atom stereocenters. The van der Waals surface area contributed by atoms with Crippen LogP contribution in [0.5, 0.6) is 0 Å². The van der Waals surface area contributed by atoms with Gasteiger partial charge in [0.25, 0.3) is 0 Å². The van der Waals surface area contributed by atoms with Gasteiger partial charge in [-0.3, -0.25) is 38.8 Å². The number of carboxylic acids is 3. The summed E-state index contributed by atoms with van der Waals surface area (Å²) in [4.78, 5) is 53.2. The molecule has 33 heavy (non-hydrogen) atoms. The lowest BCUT2D eigenvalue weighted by molar-refractivity contribution is -0.140. The number of nitrogens with one attached hydrogen (secondary N) is 1. The highest BCUT2D eigenvalue weighted by atomic mass is 32.1. The number of rotatable bonds is 12. The third-order valence-electron chi connectivity index (χ3n) is 5.28. The highest BCUT2D eigenvalue weighted by molar-refractivity contribution is 7.80. The van der Waals surface area contributed by atoms with E-state index in [1.807, 2.05) is 4.90 Å². The van der Waals surface area contributed by atoms with Crippen LogP contribution >= 0.6 is 12.6 Å². The zero-order chi connectivity index (χ0) is 24.6. The zero-order valence-corrected chi connectivity index (χ0v) is 19.9. The van der Waals surface area contributed by atoms with Crippen LogP contribution in [0.3, 0.4) is 0 Å². The Bertz CT molecular complexity index is 608. The summed E-state index contributed by atoms with van der Waals surface area (Å²) in [5.41, 5.74) is 0. The molecule has 1 saturated heterocycles. The minimum atomic E-state index is -0.997. The van der Waals surface area contributed by atoms with E-state index < -0.39 is 17.9 Å². The molecule has 0 saturated carbocycles. The molecule has 1 aliphatic rings. The molecule has 13 heteroatoms. The highest BCUT2D eigenvalue weighted by Gasteiger charge is 2.20. The van der Waals surface area contributed by atoms with Crippen molar-refractivity contribution in [1.29, 1.82) is 0 Å². The van der Waals surface area contributed by atoms with Gasteiger partial charge in [-0.15, -0.1) is 0 Å². The van der Waals surface area contributed by atoms with Crippen LogP contribution in [0.1, 0.15) is 12.8 Å². The van der Waals surface area contributed by atoms with Crippen molar-refractivity contribution in [3.63, 3.8) is 0 Å². The van der Waals surface area contributed by atoms with Crippen molar-refractivity contribution < 1.29 is 34.5 Å². The van der Waals surface area contributed by atoms with Gasteiger partial charge in [-0.1, -0.05) is 0 Å². The van der Waals surface area contributed by atoms with Crippen LogP contribution in [-0.2, 0) is 19.2 Å². The van der Waals surface area contributed by atoms with Crippen LogP contribution in [0.2, 0.25) is 0 Å². The van der Waals surface area contributed by atoms with Crippen molar-refractivity contribution in [3.8, 4) is 0 Å². The Kier molecular flexibility index (Phi) is 14.7. The Hall–Kier alpha value is -1.93. The maximum Gasteiger partial charge on any atom is 0.317 e. The molecule has 0 aromatic rings. The minimum Gasteiger partial charge on any atom is -0.480 e. The van der Waals surface area contributed by atoms with Gasteiger partial charge in [-0.2, -0.15) is 12.6 Å². The highest BCUT2D eigenvalue weighted by Crippen LogP contribution is 2.01. The van der Waals surface area contributed by atoms with E-state index in [4.69, 9.17) is 0 Å². The smallest absolute Gasteiger partial charge is 0.317 e. The average molecular weight is 492 g/mol. The SMILES string of the molecule is O=C(O)CN1CCN(CC(=O)O)CCN(CC(=O)NCCCCS)CCN(CC(=O)O)CC1. The van der Waals surface area contributed by atoms with E-state index in [2.05, 4.69) is 17.9 Å². The number of carbonyl (C=O) groups is 4. The lowest BCUT2D eigenvalue weighted by Crippen LogP contribution is -2.49. The van der Waals surface area contributed by atoms with Crippen molar-refractivity contribution in [2.75, 3.05) is 90.8 Å². The maximum atomic E-state index is 12.4. The molecule has 1 fully saturated rings. The molecule has 4 N–H and O–H groups in total. The van der Waals surface area contributed by atoms with E-state index in [0.29, 0.717) is 58.9 Å². The van der Waals surface area contributed by atoms with Crippen molar-refractivity contribution in [1.82, 2.24) is 24.9 Å². The first-order valence-corrected chi connectivity index (χ1v) is 11.7. The molecule has 0 atom stereocenters. The molecule has 0 aromatic heterocycles. The number of carboxylic acid groups (broad SMARTS) is 3. The molecule has 0 aromatic carbocycles. The third-order valence-corrected chi connectivity index (χ3v) is 5.60. The minimum absolute atomic E-state index is 0.133. The number of hydrogen-bond donors (Lipinski definition) is 5. The van der Waals surface area contributed by atoms with Crippen LogP contribution in [0, 0.1) is 0 Å². The summed E-state index contributed by atoms with van der Waals surface area (Å²) in [5.74, 6) is -2.34. The van der Waals surface area contributed by atoms with Gasteiger partial charge in [0, 0.05) is 58.9 Å². The monoisotopic (exact) mass is 491 g/mol. The molecule has 1 aliphatic heterocycles. The number of carbonyl (C=O) groups excluding carboxylic acids is 1. The molecule has 1 amide bonds. The molecular formula is C20H37N5O7S.